The lowest BCUT2D eigenvalue weighted by atomic mass is 10.2. The largest absolute Gasteiger partial charge is 0.424 e. The molecule has 13 heavy (non-hydrogen) atoms. The monoisotopic (exact) mass is 216 g/mol. The van der Waals surface area contributed by atoms with Gasteiger partial charge in [-0.15, -0.1) is 0 Å². The summed E-state index contributed by atoms with van der Waals surface area (Å²) in [6, 6.07) is 7.66. The second-order valence-electron chi connectivity index (χ2n) is 2.60. The van der Waals surface area contributed by atoms with Gasteiger partial charge in [-0.25, -0.2) is 0 Å². The van der Waals surface area contributed by atoms with Crippen molar-refractivity contribution < 1.29 is 13.6 Å². The fourth-order valence-corrected chi connectivity index (χ4v) is 2.45. The average molecular weight is 216 g/mol. The van der Waals surface area contributed by atoms with Gasteiger partial charge < -0.3 is 9.05 Å². The van der Waals surface area contributed by atoms with Crippen LogP contribution in [0.25, 0.3) is 0 Å². The summed E-state index contributed by atoms with van der Waals surface area (Å²) in [5.41, 5.74) is 1.01. The first kappa shape index (κ1) is 9.16. The maximum atomic E-state index is 5.45. The summed E-state index contributed by atoms with van der Waals surface area (Å²) < 4.78 is 15.8. The fourth-order valence-electron chi connectivity index (χ4n) is 1.10. The maximum Gasteiger partial charge on any atom is 0.380 e. The van der Waals surface area contributed by atoms with Crippen molar-refractivity contribution in [2.24, 2.45) is 0 Å². The van der Waals surface area contributed by atoms with E-state index in [0.717, 1.165) is 11.3 Å². The van der Waals surface area contributed by atoms with Crippen molar-refractivity contribution in [3.05, 3.63) is 29.8 Å². The summed E-state index contributed by atoms with van der Waals surface area (Å²) >= 11 is 5.08. The highest BCUT2D eigenvalue weighted by Gasteiger charge is 2.26. The quantitative estimate of drug-likeness (QED) is 0.674. The van der Waals surface area contributed by atoms with Gasteiger partial charge in [-0.1, -0.05) is 18.2 Å². The normalized spacial score (nSPS) is 26.2. The molecule has 2 rings (SSSR count). The molecule has 3 nitrogen and oxygen atoms in total. The van der Waals surface area contributed by atoms with Gasteiger partial charge in [0, 0.05) is 24.5 Å². The molecule has 0 unspecified atom stereocenters. The summed E-state index contributed by atoms with van der Waals surface area (Å²) in [6.07, 6.45) is 0. The zero-order valence-electron chi connectivity index (χ0n) is 7.10. The van der Waals surface area contributed by atoms with E-state index in [9.17, 15) is 0 Å². The van der Waals surface area contributed by atoms with Gasteiger partial charge in [0.2, 0.25) is 0 Å². The van der Waals surface area contributed by atoms with Gasteiger partial charge in [-0.3, -0.25) is 4.52 Å². The minimum atomic E-state index is -2.49. The second-order valence-corrected chi connectivity index (χ2v) is 5.64. The molecule has 1 atom stereocenters. The SMILES string of the molecule is CO[P@]1(=S)OCc2ccccc2O1. The molecule has 5 heteroatoms. The van der Waals surface area contributed by atoms with Gasteiger partial charge in [0.15, 0.2) is 0 Å². The standard InChI is InChI=1S/C8H9O3PS/c1-9-12(13)10-6-7-4-2-3-5-8(7)11-12/h2-5H,6H2,1H3/t12-/m0/s1. The Morgan fingerprint density at radius 2 is 2.23 bits per heavy atom. The molecule has 70 valence electrons. The number of hydrogen-bond acceptors (Lipinski definition) is 4. The van der Waals surface area contributed by atoms with Gasteiger partial charge >= 0.3 is 6.72 Å². The maximum absolute atomic E-state index is 5.45. The van der Waals surface area contributed by atoms with Crippen LogP contribution < -0.4 is 4.52 Å². The van der Waals surface area contributed by atoms with Crippen LogP contribution in [0.4, 0.5) is 0 Å². The van der Waals surface area contributed by atoms with Crippen molar-refractivity contribution in [2.45, 2.75) is 6.61 Å². The Labute approximate surface area is 81.9 Å². The minimum Gasteiger partial charge on any atom is -0.424 e. The van der Waals surface area contributed by atoms with Crippen molar-refractivity contribution in [3.63, 3.8) is 0 Å². The third-order valence-electron chi connectivity index (χ3n) is 1.78. The molecule has 1 aromatic rings. The van der Waals surface area contributed by atoms with Gasteiger partial charge in [-0.2, -0.15) is 0 Å². The van der Waals surface area contributed by atoms with Crippen LogP contribution in [0.5, 0.6) is 5.75 Å². The Hall–Kier alpha value is -0.410. The van der Waals surface area contributed by atoms with Crippen LogP contribution in [0.15, 0.2) is 24.3 Å². The first-order valence-corrected chi connectivity index (χ1v) is 6.37. The first-order chi connectivity index (χ1) is 6.23. The topological polar surface area (TPSA) is 27.7 Å². The van der Waals surface area contributed by atoms with Crippen LogP contribution in [0.1, 0.15) is 5.56 Å². The first-order valence-electron chi connectivity index (χ1n) is 3.81. The number of rotatable bonds is 1. The molecule has 0 saturated carbocycles. The predicted molar refractivity (Wildman–Crippen MR) is 53.2 cm³/mol. The van der Waals surface area contributed by atoms with E-state index in [2.05, 4.69) is 0 Å². The average Bonchev–Trinajstić information content (AvgIpc) is 2.18. The van der Waals surface area contributed by atoms with E-state index in [1.54, 1.807) is 0 Å². The Balaban J connectivity index is 2.35. The summed E-state index contributed by atoms with van der Waals surface area (Å²) in [4.78, 5) is 0. The molecule has 0 bridgehead atoms. The lowest BCUT2D eigenvalue weighted by Gasteiger charge is -2.26. The van der Waals surface area contributed by atoms with E-state index in [1.807, 2.05) is 24.3 Å². The Morgan fingerprint density at radius 1 is 1.46 bits per heavy atom. The molecule has 0 amide bonds. The lowest BCUT2D eigenvalue weighted by Crippen LogP contribution is -2.07. The van der Waals surface area contributed by atoms with Gasteiger partial charge in [-0.05, 0) is 6.07 Å². The van der Waals surface area contributed by atoms with Crippen molar-refractivity contribution in [1.29, 1.82) is 0 Å². The Kier molecular flexibility index (Phi) is 2.39. The number of hydrogen-bond donors (Lipinski definition) is 0. The van der Waals surface area contributed by atoms with Crippen LogP contribution in [0.2, 0.25) is 0 Å². The number of para-hydroxylation sites is 1. The highest BCUT2D eigenvalue weighted by molar-refractivity contribution is 8.07. The van der Waals surface area contributed by atoms with Crippen LogP contribution in [0.3, 0.4) is 0 Å². The summed E-state index contributed by atoms with van der Waals surface area (Å²) in [6.45, 7) is -2.02. The predicted octanol–water partition coefficient (Wildman–Crippen LogP) is 2.47. The zero-order chi connectivity index (χ0) is 9.31. The third-order valence-corrected chi connectivity index (χ3v) is 4.08. The molecule has 0 N–H and O–H groups in total. The molecule has 0 saturated heterocycles. The Morgan fingerprint density at radius 3 is 3.00 bits per heavy atom. The van der Waals surface area contributed by atoms with Crippen molar-refractivity contribution in [1.82, 2.24) is 0 Å². The van der Waals surface area contributed by atoms with E-state index >= 15 is 0 Å². The van der Waals surface area contributed by atoms with Crippen LogP contribution in [-0.2, 0) is 27.5 Å². The molecule has 1 aromatic carbocycles. The van der Waals surface area contributed by atoms with E-state index in [4.69, 9.17) is 25.4 Å². The Bertz CT molecular complexity index is 366. The van der Waals surface area contributed by atoms with E-state index in [1.165, 1.54) is 7.11 Å². The van der Waals surface area contributed by atoms with E-state index in [0.29, 0.717) is 6.61 Å². The molecule has 0 radical (unpaired) electrons. The minimum absolute atomic E-state index is 0.474. The second kappa shape index (κ2) is 3.39. The highest BCUT2D eigenvalue weighted by Crippen LogP contribution is 2.53. The van der Waals surface area contributed by atoms with Gasteiger partial charge in [0.1, 0.15) is 5.75 Å². The molecule has 0 aliphatic carbocycles. The van der Waals surface area contributed by atoms with E-state index in [-0.39, 0.29) is 0 Å². The van der Waals surface area contributed by atoms with E-state index < -0.39 is 6.72 Å². The van der Waals surface area contributed by atoms with Gasteiger partial charge in [0.05, 0.1) is 6.61 Å². The van der Waals surface area contributed by atoms with Crippen LogP contribution >= 0.6 is 6.72 Å². The van der Waals surface area contributed by atoms with Crippen LogP contribution in [0, 0.1) is 0 Å². The van der Waals surface area contributed by atoms with Gasteiger partial charge in [0.25, 0.3) is 0 Å². The molecule has 1 heterocycles. The zero-order valence-corrected chi connectivity index (χ0v) is 8.81. The highest BCUT2D eigenvalue weighted by atomic mass is 32.5. The summed E-state index contributed by atoms with van der Waals surface area (Å²) in [5.74, 6) is 0.777. The van der Waals surface area contributed by atoms with Crippen LogP contribution in [-0.4, -0.2) is 7.11 Å². The smallest absolute Gasteiger partial charge is 0.380 e. The number of benzene rings is 1. The summed E-state index contributed by atoms with van der Waals surface area (Å²) in [7, 11) is 1.51. The molecule has 1 aliphatic rings. The third kappa shape index (κ3) is 1.76. The number of fused-ring (bicyclic) bond motifs is 1. The molecule has 0 fully saturated rings. The lowest BCUT2D eigenvalue weighted by molar-refractivity contribution is 0.203. The molecular weight excluding hydrogens is 207 g/mol. The molecule has 1 aliphatic heterocycles. The van der Waals surface area contributed by atoms with Crippen molar-refractivity contribution in [2.75, 3.05) is 7.11 Å². The van der Waals surface area contributed by atoms with Crippen molar-refractivity contribution >= 4 is 18.5 Å². The van der Waals surface area contributed by atoms with Crippen molar-refractivity contribution in [3.8, 4) is 5.75 Å². The fraction of sp³-hybridized carbons (Fsp3) is 0.250. The molecule has 0 spiro atoms. The molecule has 0 aromatic heterocycles. The summed E-state index contributed by atoms with van der Waals surface area (Å²) in [5, 5.41) is 0. The molecular formula is C8H9O3PS.